The van der Waals surface area contributed by atoms with Gasteiger partial charge in [0.25, 0.3) is 0 Å². The summed E-state index contributed by atoms with van der Waals surface area (Å²) < 4.78 is 0. The number of fused-ring (bicyclic) bond motifs is 1. The Bertz CT molecular complexity index is 708. The third-order valence-electron chi connectivity index (χ3n) is 4.92. The number of nitrogens with zero attached hydrogens (tertiary/aromatic N) is 2. The van der Waals surface area contributed by atoms with E-state index in [1.807, 2.05) is 6.07 Å². The summed E-state index contributed by atoms with van der Waals surface area (Å²) in [6.07, 6.45) is 0. The molecule has 0 saturated heterocycles. The molecule has 0 aliphatic carbocycles. The standard InChI is InChI=1S/C20H24Cl2N2/c1-4-24(5-2)16-8-6-14(7-9-16)18-12-23(3)13-19-17(18)10-15(21)11-20(19)22/h6-11,18H,4-5,12-13H2,1-3H3. The lowest BCUT2D eigenvalue weighted by Gasteiger charge is -2.33. The molecule has 1 heterocycles. The second-order valence-electron chi connectivity index (χ2n) is 6.47. The summed E-state index contributed by atoms with van der Waals surface area (Å²) in [5.74, 6) is 0.306. The SMILES string of the molecule is CCN(CC)c1ccc(C2CN(C)Cc3c(Cl)cc(Cl)cc32)cc1. The van der Waals surface area contributed by atoms with Gasteiger partial charge in [-0.1, -0.05) is 35.3 Å². The van der Waals surface area contributed by atoms with Crippen LogP contribution < -0.4 is 4.90 Å². The van der Waals surface area contributed by atoms with Crippen LogP contribution in [0.2, 0.25) is 10.0 Å². The topological polar surface area (TPSA) is 6.48 Å². The molecule has 2 nitrogen and oxygen atoms in total. The number of rotatable bonds is 4. The van der Waals surface area contributed by atoms with Crippen molar-refractivity contribution in [1.82, 2.24) is 4.90 Å². The highest BCUT2D eigenvalue weighted by atomic mass is 35.5. The molecule has 0 saturated carbocycles. The maximum absolute atomic E-state index is 6.45. The molecule has 1 unspecified atom stereocenters. The van der Waals surface area contributed by atoms with Gasteiger partial charge in [-0.2, -0.15) is 0 Å². The average Bonchev–Trinajstić information content (AvgIpc) is 2.57. The fraction of sp³-hybridized carbons (Fsp3) is 0.400. The maximum atomic E-state index is 6.45. The summed E-state index contributed by atoms with van der Waals surface area (Å²) in [6.45, 7) is 8.28. The number of halogens is 2. The molecule has 2 aromatic carbocycles. The van der Waals surface area contributed by atoms with Crippen LogP contribution in [0.1, 0.15) is 36.5 Å². The van der Waals surface area contributed by atoms with Crippen LogP contribution in [0.15, 0.2) is 36.4 Å². The predicted octanol–water partition coefficient (Wildman–Crippen LogP) is 5.42. The second kappa shape index (κ2) is 7.35. The van der Waals surface area contributed by atoms with Crippen LogP contribution in [0.5, 0.6) is 0 Å². The van der Waals surface area contributed by atoms with E-state index in [4.69, 9.17) is 23.2 Å². The molecule has 0 spiro atoms. The number of likely N-dealkylation sites (N-methyl/N-ethyl adjacent to an activating group) is 1. The van der Waals surface area contributed by atoms with Crippen LogP contribution in [0, 0.1) is 0 Å². The molecule has 0 aromatic heterocycles. The normalized spacial score (nSPS) is 17.6. The molecule has 0 amide bonds. The summed E-state index contributed by atoms with van der Waals surface area (Å²) in [6, 6.07) is 12.9. The minimum Gasteiger partial charge on any atom is -0.372 e. The molecule has 3 rings (SSSR count). The first-order valence-corrected chi connectivity index (χ1v) is 9.30. The van der Waals surface area contributed by atoms with Gasteiger partial charge < -0.3 is 9.80 Å². The molecule has 0 N–H and O–H groups in total. The van der Waals surface area contributed by atoms with Crippen molar-refractivity contribution in [3.8, 4) is 0 Å². The Hall–Kier alpha value is -1.22. The summed E-state index contributed by atoms with van der Waals surface area (Å²) >= 11 is 12.7. The largest absolute Gasteiger partial charge is 0.372 e. The Morgan fingerprint density at radius 3 is 2.38 bits per heavy atom. The Morgan fingerprint density at radius 2 is 1.75 bits per heavy atom. The lowest BCUT2D eigenvalue weighted by Crippen LogP contribution is -2.31. The van der Waals surface area contributed by atoms with E-state index in [1.54, 1.807) is 0 Å². The highest BCUT2D eigenvalue weighted by Gasteiger charge is 2.27. The Labute approximate surface area is 155 Å². The third kappa shape index (κ3) is 3.42. The summed E-state index contributed by atoms with van der Waals surface area (Å²) in [4.78, 5) is 4.68. The first-order valence-electron chi connectivity index (χ1n) is 8.54. The molecule has 0 fully saturated rings. The Balaban J connectivity index is 1.98. The van der Waals surface area contributed by atoms with Crippen molar-refractivity contribution in [2.45, 2.75) is 26.3 Å². The lowest BCUT2D eigenvalue weighted by molar-refractivity contribution is 0.295. The molecule has 0 bridgehead atoms. The van der Waals surface area contributed by atoms with Gasteiger partial charge >= 0.3 is 0 Å². The van der Waals surface area contributed by atoms with E-state index in [-0.39, 0.29) is 0 Å². The maximum Gasteiger partial charge on any atom is 0.0468 e. The van der Waals surface area contributed by atoms with Crippen LogP contribution in [0.3, 0.4) is 0 Å². The van der Waals surface area contributed by atoms with Crippen molar-refractivity contribution in [2.75, 3.05) is 31.6 Å². The predicted molar refractivity (Wildman–Crippen MR) is 105 cm³/mol. The number of hydrogen-bond acceptors (Lipinski definition) is 2. The highest BCUT2D eigenvalue weighted by molar-refractivity contribution is 6.35. The molecule has 24 heavy (non-hydrogen) atoms. The zero-order chi connectivity index (χ0) is 17.3. The molecule has 128 valence electrons. The van der Waals surface area contributed by atoms with Crippen LogP contribution in [0.25, 0.3) is 0 Å². The van der Waals surface area contributed by atoms with E-state index in [1.165, 1.54) is 22.4 Å². The van der Waals surface area contributed by atoms with E-state index in [0.717, 1.165) is 31.2 Å². The smallest absolute Gasteiger partial charge is 0.0468 e. The zero-order valence-corrected chi connectivity index (χ0v) is 16.0. The average molecular weight is 363 g/mol. The van der Waals surface area contributed by atoms with E-state index in [0.29, 0.717) is 10.9 Å². The zero-order valence-electron chi connectivity index (χ0n) is 14.5. The van der Waals surface area contributed by atoms with Crippen molar-refractivity contribution >= 4 is 28.9 Å². The van der Waals surface area contributed by atoms with Gasteiger partial charge in [0.15, 0.2) is 0 Å². The van der Waals surface area contributed by atoms with Crippen molar-refractivity contribution < 1.29 is 0 Å². The Kier molecular flexibility index (Phi) is 5.39. The van der Waals surface area contributed by atoms with E-state index >= 15 is 0 Å². The first-order chi connectivity index (χ1) is 11.5. The van der Waals surface area contributed by atoms with Crippen LogP contribution >= 0.6 is 23.2 Å². The van der Waals surface area contributed by atoms with Gasteiger partial charge in [0, 0.05) is 47.8 Å². The monoisotopic (exact) mass is 362 g/mol. The van der Waals surface area contributed by atoms with Crippen molar-refractivity contribution in [2.24, 2.45) is 0 Å². The fourth-order valence-corrected chi connectivity index (χ4v) is 4.21. The molecule has 2 aromatic rings. The van der Waals surface area contributed by atoms with Gasteiger partial charge in [-0.15, -0.1) is 0 Å². The van der Waals surface area contributed by atoms with Crippen LogP contribution in [0.4, 0.5) is 5.69 Å². The third-order valence-corrected chi connectivity index (χ3v) is 5.47. The molecule has 4 heteroatoms. The van der Waals surface area contributed by atoms with E-state index < -0.39 is 0 Å². The van der Waals surface area contributed by atoms with Gasteiger partial charge in [-0.25, -0.2) is 0 Å². The lowest BCUT2D eigenvalue weighted by atomic mass is 9.84. The van der Waals surface area contributed by atoms with Crippen LogP contribution in [-0.2, 0) is 6.54 Å². The van der Waals surface area contributed by atoms with Crippen molar-refractivity contribution in [3.63, 3.8) is 0 Å². The van der Waals surface area contributed by atoms with Crippen LogP contribution in [-0.4, -0.2) is 31.6 Å². The van der Waals surface area contributed by atoms with Gasteiger partial charge in [-0.3, -0.25) is 0 Å². The summed E-state index contributed by atoms with van der Waals surface area (Å²) in [7, 11) is 2.14. The molecular weight excluding hydrogens is 339 g/mol. The second-order valence-corrected chi connectivity index (χ2v) is 7.31. The van der Waals surface area contributed by atoms with Gasteiger partial charge in [0.2, 0.25) is 0 Å². The van der Waals surface area contributed by atoms with E-state index in [9.17, 15) is 0 Å². The van der Waals surface area contributed by atoms with Crippen molar-refractivity contribution in [3.05, 3.63) is 63.1 Å². The minimum atomic E-state index is 0.306. The summed E-state index contributed by atoms with van der Waals surface area (Å²) in [5, 5.41) is 1.49. The number of benzene rings is 2. The summed E-state index contributed by atoms with van der Waals surface area (Å²) in [5.41, 5.74) is 5.06. The van der Waals surface area contributed by atoms with Crippen molar-refractivity contribution in [1.29, 1.82) is 0 Å². The molecular formula is C20H24Cl2N2. The number of anilines is 1. The van der Waals surface area contributed by atoms with E-state index in [2.05, 4.69) is 61.0 Å². The molecule has 1 atom stereocenters. The number of hydrogen-bond donors (Lipinski definition) is 0. The fourth-order valence-electron chi connectivity index (χ4n) is 3.64. The molecule has 1 aliphatic heterocycles. The first kappa shape index (κ1) is 17.6. The highest BCUT2D eigenvalue weighted by Crippen LogP contribution is 2.38. The molecule has 0 radical (unpaired) electrons. The molecule has 1 aliphatic rings. The van der Waals surface area contributed by atoms with Gasteiger partial charge in [0.05, 0.1) is 0 Å². The van der Waals surface area contributed by atoms with Gasteiger partial charge in [0.1, 0.15) is 0 Å². The quantitative estimate of drug-likeness (QED) is 0.716. The minimum absolute atomic E-state index is 0.306. The Morgan fingerprint density at radius 1 is 1.08 bits per heavy atom. The van der Waals surface area contributed by atoms with Gasteiger partial charge in [-0.05, 0) is 61.9 Å².